The number of hydrogen-bond donors (Lipinski definition) is 0. The Labute approximate surface area is 159 Å². The molecule has 0 unspecified atom stereocenters. The zero-order valence-electron chi connectivity index (χ0n) is 15.3. The van der Waals surface area contributed by atoms with Crippen LogP contribution in [0.4, 0.5) is 5.69 Å². The molecule has 4 aromatic rings. The third-order valence-corrected chi connectivity index (χ3v) is 4.68. The van der Waals surface area contributed by atoms with Gasteiger partial charge in [0.2, 0.25) is 0 Å². The minimum Gasteiger partial charge on any atom is -0.259 e. The van der Waals surface area contributed by atoms with Crippen LogP contribution in [-0.2, 0) is 0 Å². The largest absolute Gasteiger partial charge is 0.259 e. The maximum absolute atomic E-state index is 4.67. The van der Waals surface area contributed by atoms with Gasteiger partial charge in [-0.15, -0.1) is 0 Å². The predicted molar refractivity (Wildman–Crippen MR) is 116 cm³/mol. The number of aliphatic imine (C=N–C) groups is 1. The average Bonchev–Trinajstić information content (AvgIpc) is 2.74. The number of pyridine rings is 1. The maximum Gasteiger partial charge on any atom is 0.0970 e. The standard InChI is InChI=1S/C25H20N2/c1-3-26-24-21(18(2)19-10-6-4-7-11-19)14-15-23-22(16-17-27-25(23)24)20-12-8-5-9-13-20/h3-17H,2H2,1H3. The zero-order valence-corrected chi connectivity index (χ0v) is 15.3. The van der Waals surface area contributed by atoms with E-state index in [2.05, 4.69) is 71.2 Å². The Kier molecular flexibility index (Phi) is 4.63. The van der Waals surface area contributed by atoms with E-state index in [-0.39, 0.29) is 0 Å². The lowest BCUT2D eigenvalue weighted by atomic mass is 9.94. The molecule has 130 valence electrons. The molecule has 0 amide bonds. The Bertz CT molecular complexity index is 1130. The molecule has 4 rings (SSSR count). The quantitative estimate of drug-likeness (QED) is 0.377. The molecule has 0 spiro atoms. The van der Waals surface area contributed by atoms with Gasteiger partial charge in [-0.3, -0.25) is 9.98 Å². The fraction of sp³-hybridized carbons (Fsp3) is 0.0400. The topological polar surface area (TPSA) is 25.2 Å². The highest BCUT2D eigenvalue weighted by atomic mass is 14.8. The molecule has 0 atom stereocenters. The van der Waals surface area contributed by atoms with Crippen LogP contribution in [-0.4, -0.2) is 11.2 Å². The first kappa shape index (κ1) is 16.9. The summed E-state index contributed by atoms with van der Waals surface area (Å²) in [6.07, 6.45) is 3.67. The third-order valence-electron chi connectivity index (χ3n) is 4.68. The van der Waals surface area contributed by atoms with Crippen molar-refractivity contribution in [3.63, 3.8) is 0 Å². The second kappa shape index (κ2) is 7.38. The van der Waals surface area contributed by atoms with Crippen LogP contribution in [0.5, 0.6) is 0 Å². The van der Waals surface area contributed by atoms with Gasteiger partial charge in [0.15, 0.2) is 0 Å². The minimum absolute atomic E-state index is 0.863. The van der Waals surface area contributed by atoms with Crippen LogP contribution in [0.2, 0.25) is 0 Å². The monoisotopic (exact) mass is 348 g/mol. The minimum atomic E-state index is 0.863. The molecule has 2 nitrogen and oxygen atoms in total. The Hall–Kier alpha value is -3.52. The Morgan fingerprint density at radius 2 is 1.59 bits per heavy atom. The maximum atomic E-state index is 4.67. The average molecular weight is 348 g/mol. The molecule has 0 N–H and O–H groups in total. The molecule has 0 aliphatic heterocycles. The van der Waals surface area contributed by atoms with Gasteiger partial charge in [-0.2, -0.15) is 0 Å². The van der Waals surface area contributed by atoms with Gasteiger partial charge in [0, 0.05) is 23.4 Å². The first-order valence-corrected chi connectivity index (χ1v) is 9.00. The molecule has 0 fully saturated rings. The van der Waals surface area contributed by atoms with Crippen LogP contribution in [0, 0.1) is 0 Å². The lowest BCUT2D eigenvalue weighted by molar-refractivity contribution is 1.38. The molecule has 0 bridgehead atoms. The molecular formula is C25H20N2. The molecule has 27 heavy (non-hydrogen) atoms. The molecule has 0 aliphatic carbocycles. The first-order valence-electron chi connectivity index (χ1n) is 9.00. The van der Waals surface area contributed by atoms with Crippen molar-refractivity contribution in [3.05, 3.63) is 103 Å². The van der Waals surface area contributed by atoms with Gasteiger partial charge in [0.25, 0.3) is 0 Å². The number of rotatable bonds is 4. The molecule has 2 heteroatoms. The summed E-state index contributed by atoms with van der Waals surface area (Å²) >= 11 is 0. The van der Waals surface area contributed by atoms with Crippen molar-refractivity contribution in [2.45, 2.75) is 6.92 Å². The molecule has 0 aliphatic rings. The van der Waals surface area contributed by atoms with E-state index >= 15 is 0 Å². The highest BCUT2D eigenvalue weighted by Gasteiger charge is 2.14. The van der Waals surface area contributed by atoms with E-state index < -0.39 is 0 Å². The van der Waals surface area contributed by atoms with Crippen LogP contribution in [0.25, 0.3) is 27.6 Å². The summed E-state index contributed by atoms with van der Waals surface area (Å²) in [7, 11) is 0. The summed E-state index contributed by atoms with van der Waals surface area (Å²) < 4.78 is 0. The number of fused-ring (bicyclic) bond motifs is 1. The van der Waals surface area contributed by atoms with Gasteiger partial charge >= 0.3 is 0 Å². The van der Waals surface area contributed by atoms with Crippen molar-refractivity contribution in [1.82, 2.24) is 4.98 Å². The highest BCUT2D eigenvalue weighted by molar-refractivity contribution is 6.04. The van der Waals surface area contributed by atoms with E-state index in [0.29, 0.717) is 0 Å². The van der Waals surface area contributed by atoms with Crippen LogP contribution >= 0.6 is 0 Å². The van der Waals surface area contributed by atoms with Crippen LogP contribution in [0.15, 0.2) is 96.6 Å². The van der Waals surface area contributed by atoms with E-state index in [0.717, 1.165) is 38.9 Å². The van der Waals surface area contributed by atoms with E-state index in [4.69, 9.17) is 0 Å². The molecule has 0 radical (unpaired) electrons. The summed E-state index contributed by atoms with van der Waals surface area (Å²) in [6.45, 7) is 6.25. The van der Waals surface area contributed by atoms with Gasteiger partial charge in [0.05, 0.1) is 11.2 Å². The lowest BCUT2D eigenvalue weighted by Gasteiger charge is -2.14. The van der Waals surface area contributed by atoms with Crippen molar-refractivity contribution in [1.29, 1.82) is 0 Å². The predicted octanol–water partition coefficient (Wildman–Crippen LogP) is 6.69. The van der Waals surface area contributed by atoms with Crippen molar-refractivity contribution in [2.24, 2.45) is 4.99 Å². The number of hydrogen-bond acceptors (Lipinski definition) is 2. The number of aromatic nitrogens is 1. The van der Waals surface area contributed by atoms with Crippen molar-refractivity contribution < 1.29 is 0 Å². The second-order valence-electron chi connectivity index (χ2n) is 6.31. The summed E-state index contributed by atoms with van der Waals surface area (Å²) in [6, 6.07) is 26.9. The highest BCUT2D eigenvalue weighted by Crippen LogP contribution is 2.38. The summed E-state index contributed by atoms with van der Waals surface area (Å²) in [5, 5.41) is 1.09. The first-order chi connectivity index (χ1) is 13.3. The van der Waals surface area contributed by atoms with E-state index in [1.54, 1.807) is 0 Å². The molecule has 0 saturated heterocycles. The summed E-state index contributed by atoms with van der Waals surface area (Å²) in [5.41, 5.74) is 7.12. The van der Waals surface area contributed by atoms with Gasteiger partial charge in [-0.25, -0.2) is 0 Å². The zero-order chi connectivity index (χ0) is 18.6. The van der Waals surface area contributed by atoms with E-state index in [9.17, 15) is 0 Å². The Morgan fingerprint density at radius 3 is 2.30 bits per heavy atom. The molecule has 3 aromatic carbocycles. The normalized spacial score (nSPS) is 11.1. The van der Waals surface area contributed by atoms with Gasteiger partial charge in [-0.05, 0) is 35.3 Å². The molecule has 1 heterocycles. The second-order valence-corrected chi connectivity index (χ2v) is 6.31. The van der Waals surface area contributed by atoms with Crippen molar-refractivity contribution in [3.8, 4) is 11.1 Å². The number of benzene rings is 3. The van der Waals surface area contributed by atoms with Gasteiger partial charge < -0.3 is 0 Å². The SMILES string of the molecule is C=C(c1ccccc1)c1ccc2c(-c3ccccc3)ccnc2c1N=CC. The molecular weight excluding hydrogens is 328 g/mol. The smallest absolute Gasteiger partial charge is 0.0970 e. The number of nitrogens with zero attached hydrogens (tertiary/aromatic N) is 2. The molecule has 1 aromatic heterocycles. The third kappa shape index (κ3) is 3.18. The van der Waals surface area contributed by atoms with Crippen molar-refractivity contribution in [2.75, 3.05) is 0 Å². The van der Waals surface area contributed by atoms with Gasteiger partial charge in [0.1, 0.15) is 0 Å². The fourth-order valence-electron chi connectivity index (χ4n) is 3.37. The fourth-order valence-corrected chi connectivity index (χ4v) is 3.37. The Balaban J connectivity index is 1.96. The van der Waals surface area contributed by atoms with Crippen LogP contribution < -0.4 is 0 Å². The lowest BCUT2D eigenvalue weighted by Crippen LogP contribution is -1.92. The van der Waals surface area contributed by atoms with Crippen LogP contribution in [0.1, 0.15) is 18.1 Å². The molecule has 0 saturated carbocycles. The van der Waals surface area contributed by atoms with E-state index in [1.807, 2.05) is 43.6 Å². The Morgan fingerprint density at radius 1 is 0.889 bits per heavy atom. The summed E-state index contributed by atoms with van der Waals surface area (Å²) in [5.74, 6) is 0. The summed E-state index contributed by atoms with van der Waals surface area (Å²) in [4.78, 5) is 9.34. The van der Waals surface area contributed by atoms with Gasteiger partial charge in [-0.1, -0.05) is 79.4 Å². The van der Waals surface area contributed by atoms with Crippen molar-refractivity contribution >= 4 is 28.4 Å². The van der Waals surface area contributed by atoms with Crippen LogP contribution in [0.3, 0.4) is 0 Å². The van der Waals surface area contributed by atoms with E-state index in [1.165, 1.54) is 5.56 Å².